The van der Waals surface area contributed by atoms with Gasteiger partial charge in [0.1, 0.15) is 0 Å². The largest absolute Gasteiger partial charge is 0.269 e. The fraction of sp³-hybridized carbons (Fsp3) is 1.00. The van der Waals surface area contributed by atoms with E-state index in [2.05, 4.69) is 0 Å². The molecule has 4 saturated carbocycles. The number of hydrogen-bond acceptors (Lipinski definition) is 2. The highest BCUT2D eigenvalue weighted by atomic mass is 15.4. The Morgan fingerprint density at radius 3 is 2.00 bits per heavy atom. The van der Waals surface area contributed by atoms with Gasteiger partial charge in [-0.05, 0) is 68.1 Å². The van der Waals surface area contributed by atoms with E-state index in [1.165, 1.54) is 6.42 Å². The van der Waals surface area contributed by atoms with Crippen molar-refractivity contribution in [3.05, 3.63) is 0 Å². The van der Waals surface area contributed by atoms with Crippen molar-refractivity contribution in [3.63, 3.8) is 0 Å². The average molecular weight is 208 g/mol. The third kappa shape index (κ3) is 1.83. The summed E-state index contributed by atoms with van der Waals surface area (Å²) in [5, 5.41) is 1.87. The van der Waals surface area contributed by atoms with Gasteiger partial charge in [-0.3, -0.25) is 10.9 Å². The molecule has 15 heavy (non-hydrogen) atoms. The van der Waals surface area contributed by atoms with Crippen LogP contribution in [0.2, 0.25) is 0 Å². The van der Waals surface area contributed by atoms with Crippen molar-refractivity contribution in [3.8, 4) is 0 Å². The first kappa shape index (κ1) is 10.1. The summed E-state index contributed by atoms with van der Waals surface area (Å²) in [7, 11) is 2.00. The maximum absolute atomic E-state index is 5.73. The molecular weight excluding hydrogens is 184 g/mol. The molecule has 0 aromatic rings. The maximum atomic E-state index is 5.73. The summed E-state index contributed by atoms with van der Waals surface area (Å²) in [5.74, 6) is 11.1. The average Bonchev–Trinajstić information content (AvgIpc) is 2.14. The molecule has 0 spiro atoms. The SMILES string of the molecule is CN(N)CCC1C2CC3CC(C2)CC1C3. The molecule has 4 fully saturated rings. The molecule has 0 atom stereocenters. The van der Waals surface area contributed by atoms with E-state index in [9.17, 15) is 0 Å². The summed E-state index contributed by atoms with van der Waals surface area (Å²) in [6.45, 7) is 1.09. The fourth-order valence-electron chi connectivity index (χ4n) is 4.86. The van der Waals surface area contributed by atoms with Gasteiger partial charge in [-0.25, -0.2) is 0 Å². The van der Waals surface area contributed by atoms with E-state index in [1.807, 2.05) is 12.1 Å². The fourth-order valence-corrected chi connectivity index (χ4v) is 4.86. The lowest BCUT2D eigenvalue weighted by molar-refractivity contribution is -0.0419. The van der Waals surface area contributed by atoms with Gasteiger partial charge >= 0.3 is 0 Å². The van der Waals surface area contributed by atoms with Crippen LogP contribution in [0.4, 0.5) is 0 Å². The highest BCUT2D eigenvalue weighted by molar-refractivity contribution is 4.97. The minimum Gasteiger partial charge on any atom is -0.269 e. The lowest BCUT2D eigenvalue weighted by Crippen LogP contribution is -2.46. The van der Waals surface area contributed by atoms with Gasteiger partial charge in [0, 0.05) is 13.6 Å². The summed E-state index contributed by atoms with van der Waals surface area (Å²) in [5.41, 5.74) is 0. The molecule has 0 unspecified atom stereocenters. The molecule has 0 aliphatic heterocycles. The molecule has 0 aromatic heterocycles. The highest BCUT2D eigenvalue weighted by Gasteiger charge is 2.47. The summed E-state index contributed by atoms with van der Waals surface area (Å²) in [6.07, 6.45) is 9.11. The standard InChI is InChI=1S/C13H24N2/c1-15(14)3-2-13-11-5-9-4-10(7-11)8-12(13)6-9/h9-13H,2-8,14H2,1H3. The molecule has 2 heteroatoms. The van der Waals surface area contributed by atoms with E-state index in [0.29, 0.717) is 0 Å². The van der Waals surface area contributed by atoms with Crippen molar-refractivity contribution in [2.45, 2.75) is 38.5 Å². The second kappa shape index (κ2) is 3.74. The second-order valence-corrected chi connectivity index (χ2v) is 6.36. The molecule has 86 valence electrons. The number of rotatable bonds is 3. The van der Waals surface area contributed by atoms with Gasteiger partial charge in [0.05, 0.1) is 0 Å². The van der Waals surface area contributed by atoms with Crippen molar-refractivity contribution < 1.29 is 0 Å². The van der Waals surface area contributed by atoms with E-state index >= 15 is 0 Å². The zero-order valence-electron chi connectivity index (χ0n) is 9.86. The van der Waals surface area contributed by atoms with Gasteiger partial charge in [-0.1, -0.05) is 0 Å². The minimum atomic E-state index is 1.02. The Labute approximate surface area is 93.2 Å². The van der Waals surface area contributed by atoms with Crippen molar-refractivity contribution >= 4 is 0 Å². The molecule has 0 radical (unpaired) electrons. The van der Waals surface area contributed by atoms with Gasteiger partial charge in [0.15, 0.2) is 0 Å². The Hall–Kier alpha value is -0.0800. The molecule has 4 aliphatic carbocycles. The van der Waals surface area contributed by atoms with Gasteiger partial charge in [-0.15, -0.1) is 0 Å². The molecule has 4 rings (SSSR count). The quantitative estimate of drug-likeness (QED) is 0.569. The van der Waals surface area contributed by atoms with E-state index < -0.39 is 0 Å². The molecule has 0 amide bonds. The zero-order valence-corrected chi connectivity index (χ0v) is 9.86. The lowest BCUT2D eigenvalue weighted by atomic mass is 9.51. The monoisotopic (exact) mass is 208 g/mol. The van der Waals surface area contributed by atoms with Crippen LogP contribution in [-0.2, 0) is 0 Å². The Morgan fingerprint density at radius 1 is 1.00 bits per heavy atom. The molecule has 0 heterocycles. The van der Waals surface area contributed by atoms with E-state index in [0.717, 1.165) is 36.1 Å². The summed E-state index contributed by atoms with van der Waals surface area (Å²) < 4.78 is 0. The third-order valence-corrected chi connectivity index (χ3v) is 5.24. The number of nitrogens with two attached hydrogens (primary N) is 1. The van der Waals surface area contributed by atoms with E-state index in [-0.39, 0.29) is 0 Å². The molecule has 0 aromatic carbocycles. The Kier molecular flexibility index (Phi) is 2.52. The number of hydrogen-bond donors (Lipinski definition) is 1. The van der Waals surface area contributed by atoms with Crippen LogP contribution in [-0.4, -0.2) is 18.6 Å². The van der Waals surface area contributed by atoms with Crippen molar-refractivity contribution in [2.75, 3.05) is 13.6 Å². The Morgan fingerprint density at radius 2 is 1.53 bits per heavy atom. The molecule has 2 N–H and O–H groups in total. The van der Waals surface area contributed by atoms with Gasteiger partial charge in [0.25, 0.3) is 0 Å². The predicted octanol–water partition coefficient (Wildman–Crippen LogP) is 2.25. The first-order valence-corrected chi connectivity index (χ1v) is 6.68. The number of hydrazine groups is 1. The second-order valence-electron chi connectivity index (χ2n) is 6.36. The number of nitrogens with zero attached hydrogens (tertiary/aromatic N) is 1. The van der Waals surface area contributed by atoms with Gasteiger partial charge in [0.2, 0.25) is 0 Å². The third-order valence-electron chi connectivity index (χ3n) is 5.24. The van der Waals surface area contributed by atoms with Crippen LogP contribution in [0.25, 0.3) is 0 Å². The summed E-state index contributed by atoms with van der Waals surface area (Å²) in [6, 6.07) is 0. The molecular formula is C13H24N2. The van der Waals surface area contributed by atoms with E-state index in [4.69, 9.17) is 5.84 Å². The van der Waals surface area contributed by atoms with Crippen LogP contribution in [0.5, 0.6) is 0 Å². The Balaban J connectivity index is 1.64. The van der Waals surface area contributed by atoms with Crippen molar-refractivity contribution in [1.29, 1.82) is 0 Å². The first-order chi connectivity index (χ1) is 7.22. The minimum absolute atomic E-state index is 1.02. The first-order valence-electron chi connectivity index (χ1n) is 6.68. The summed E-state index contributed by atoms with van der Waals surface area (Å²) >= 11 is 0. The van der Waals surface area contributed by atoms with Crippen LogP contribution < -0.4 is 5.84 Å². The van der Waals surface area contributed by atoms with Crippen LogP contribution in [0.3, 0.4) is 0 Å². The maximum Gasteiger partial charge on any atom is 0.0128 e. The van der Waals surface area contributed by atoms with Gasteiger partial charge in [-0.2, -0.15) is 0 Å². The van der Waals surface area contributed by atoms with Crippen LogP contribution in [0, 0.1) is 29.6 Å². The lowest BCUT2D eigenvalue weighted by Gasteiger charge is -2.54. The highest BCUT2D eigenvalue weighted by Crippen LogP contribution is 2.57. The smallest absolute Gasteiger partial charge is 0.0128 e. The normalized spacial score (nSPS) is 47.8. The van der Waals surface area contributed by atoms with Crippen molar-refractivity contribution in [2.24, 2.45) is 35.4 Å². The summed E-state index contributed by atoms with van der Waals surface area (Å²) in [4.78, 5) is 0. The van der Waals surface area contributed by atoms with Crippen LogP contribution in [0.15, 0.2) is 0 Å². The zero-order chi connectivity index (χ0) is 10.4. The van der Waals surface area contributed by atoms with Gasteiger partial charge < -0.3 is 0 Å². The Bertz CT molecular complexity index is 209. The van der Waals surface area contributed by atoms with Crippen LogP contribution in [0.1, 0.15) is 38.5 Å². The topological polar surface area (TPSA) is 29.3 Å². The predicted molar refractivity (Wildman–Crippen MR) is 62.0 cm³/mol. The van der Waals surface area contributed by atoms with Crippen molar-refractivity contribution in [1.82, 2.24) is 5.01 Å². The van der Waals surface area contributed by atoms with E-state index in [1.54, 1.807) is 32.1 Å². The molecule has 0 saturated heterocycles. The molecule has 2 nitrogen and oxygen atoms in total. The molecule has 4 bridgehead atoms. The van der Waals surface area contributed by atoms with Crippen LogP contribution >= 0.6 is 0 Å². The molecule has 4 aliphatic rings.